The molecule has 4 nitrogen and oxygen atoms in total. The zero-order valence-corrected chi connectivity index (χ0v) is 13.6. The molecule has 0 aliphatic rings. The van der Waals surface area contributed by atoms with Crippen molar-refractivity contribution in [3.05, 3.63) is 45.7 Å². The average Bonchev–Trinajstić information content (AvgIpc) is 2.72. The highest BCUT2D eigenvalue weighted by molar-refractivity contribution is 9.10. The highest BCUT2D eigenvalue weighted by Gasteiger charge is 2.24. The van der Waals surface area contributed by atoms with Gasteiger partial charge in [0.2, 0.25) is 0 Å². The van der Waals surface area contributed by atoms with Gasteiger partial charge in [-0.1, -0.05) is 22.0 Å². The third kappa shape index (κ3) is 2.63. The van der Waals surface area contributed by atoms with Crippen molar-refractivity contribution in [1.29, 1.82) is 0 Å². The van der Waals surface area contributed by atoms with E-state index in [1.54, 1.807) is 0 Å². The number of ether oxygens (including phenoxy) is 1. The molecule has 0 bridgehead atoms. The number of aromatic nitrogens is 2. The molecule has 0 saturated heterocycles. The number of carbonyl (C=O) groups is 1. The van der Waals surface area contributed by atoms with Gasteiger partial charge in [-0.15, -0.1) is 0 Å². The maximum absolute atomic E-state index is 11.7. The van der Waals surface area contributed by atoms with Crippen molar-refractivity contribution in [3.8, 4) is 5.69 Å². The molecule has 0 N–H and O–H groups in total. The molecule has 0 saturated carbocycles. The maximum Gasteiger partial charge on any atom is 0.312 e. The molecule has 106 valence electrons. The van der Waals surface area contributed by atoms with Crippen molar-refractivity contribution in [3.63, 3.8) is 0 Å². The Morgan fingerprint density at radius 3 is 2.70 bits per heavy atom. The fraction of sp³-hybridized carbons (Fsp3) is 0.333. The van der Waals surface area contributed by atoms with Gasteiger partial charge in [-0.05, 0) is 39.0 Å². The Hall–Kier alpha value is -1.62. The maximum atomic E-state index is 11.7. The van der Waals surface area contributed by atoms with E-state index in [2.05, 4.69) is 21.0 Å². The van der Waals surface area contributed by atoms with Crippen LogP contribution in [0.2, 0.25) is 0 Å². The van der Waals surface area contributed by atoms with Gasteiger partial charge >= 0.3 is 5.97 Å². The van der Waals surface area contributed by atoms with E-state index < -0.39 is 0 Å². The van der Waals surface area contributed by atoms with E-state index in [4.69, 9.17) is 4.74 Å². The monoisotopic (exact) mass is 336 g/mol. The van der Waals surface area contributed by atoms with E-state index in [0.29, 0.717) is 0 Å². The lowest BCUT2D eigenvalue weighted by molar-refractivity contribution is -0.142. The van der Waals surface area contributed by atoms with Crippen LogP contribution in [-0.4, -0.2) is 22.9 Å². The van der Waals surface area contributed by atoms with Gasteiger partial charge in [0.05, 0.1) is 24.4 Å². The largest absolute Gasteiger partial charge is 0.469 e. The Morgan fingerprint density at radius 2 is 2.10 bits per heavy atom. The predicted molar refractivity (Wildman–Crippen MR) is 81.2 cm³/mol. The highest BCUT2D eigenvalue weighted by Crippen LogP contribution is 2.27. The molecule has 1 atom stereocenters. The smallest absolute Gasteiger partial charge is 0.312 e. The van der Waals surface area contributed by atoms with Crippen LogP contribution >= 0.6 is 15.9 Å². The van der Waals surface area contributed by atoms with Gasteiger partial charge in [-0.25, -0.2) is 4.68 Å². The van der Waals surface area contributed by atoms with Crippen molar-refractivity contribution in [2.24, 2.45) is 0 Å². The van der Waals surface area contributed by atoms with Crippen LogP contribution in [0.4, 0.5) is 0 Å². The van der Waals surface area contributed by atoms with Gasteiger partial charge in [0.15, 0.2) is 0 Å². The summed E-state index contributed by atoms with van der Waals surface area (Å²) in [6.45, 7) is 5.72. The lowest BCUT2D eigenvalue weighted by Crippen LogP contribution is -2.12. The number of hydrogen-bond acceptors (Lipinski definition) is 3. The standard InChI is InChI=1S/C15H17BrN2O2/c1-9(15(19)20-4)14-10(2)17-18(11(14)3)13-7-5-6-12(16)8-13/h5-9H,1-4H3. The van der Waals surface area contributed by atoms with Gasteiger partial charge in [0.25, 0.3) is 0 Å². The number of nitrogens with zero attached hydrogens (tertiary/aromatic N) is 2. The second-order valence-corrected chi connectivity index (χ2v) is 5.64. The number of benzene rings is 1. The average molecular weight is 337 g/mol. The zero-order valence-electron chi connectivity index (χ0n) is 12.0. The fourth-order valence-electron chi connectivity index (χ4n) is 2.44. The number of hydrogen-bond donors (Lipinski definition) is 0. The molecule has 0 spiro atoms. The topological polar surface area (TPSA) is 44.1 Å². The Bertz CT molecular complexity index is 649. The predicted octanol–water partition coefficient (Wildman–Crippen LogP) is 3.53. The molecule has 0 fully saturated rings. The van der Waals surface area contributed by atoms with E-state index in [9.17, 15) is 4.79 Å². The molecule has 0 aliphatic carbocycles. The minimum absolute atomic E-state index is 0.245. The Morgan fingerprint density at radius 1 is 1.40 bits per heavy atom. The summed E-state index contributed by atoms with van der Waals surface area (Å²) in [5, 5.41) is 4.55. The van der Waals surface area contributed by atoms with Crippen LogP contribution in [0.1, 0.15) is 29.8 Å². The molecular weight excluding hydrogens is 320 g/mol. The van der Waals surface area contributed by atoms with E-state index in [-0.39, 0.29) is 11.9 Å². The van der Waals surface area contributed by atoms with E-state index >= 15 is 0 Å². The summed E-state index contributed by atoms with van der Waals surface area (Å²) in [6.07, 6.45) is 0. The molecule has 2 rings (SSSR count). The van der Waals surface area contributed by atoms with Crippen molar-refractivity contribution in [1.82, 2.24) is 9.78 Å². The normalized spacial score (nSPS) is 12.2. The van der Waals surface area contributed by atoms with Crippen molar-refractivity contribution < 1.29 is 9.53 Å². The first-order valence-electron chi connectivity index (χ1n) is 6.35. The Balaban J connectivity index is 2.51. The third-order valence-electron chi connectivity index (χ3n) is 3.39. The fourth-order valence-corrected chi connectivity index (χ4v) is 2.82. The first-order valence-corrected chi connectivity index (χ1v) is 7.15. The molecule has 2 aromatic rings. The summed E-state index contributed by atoms with van der Waals surface area (Å²) in [5.74, 6) is -0.564. The first-order chi connectivity index (χ1) is 9.45. The van der Waals surface area contributed by atoms with E-state index in [1.165, 1.54) is 7.11 Å². The van der Waals surface area contributed by atoms with Crippen LogP contribution in [0.15, 0.2) is 28.7 Å². The molecule has 0 aliphatic heterocycles. The van der Waals surface area contributed by atoms with Crippen molar-refractivity contribution in [2.45, 2.75) is 26.7 Å². The molecule has 1 aromatic carbocycles. The summed E-state index contributed by atoms with van der Waals surface area (Å²) in [5.41, 5.74) is 3.69. The first kappa shape index (κ1) is 14.8. The van der Waals surface area contributed by atoms with Gasteiger partial charge < -0.3 is 4.74 Å². The van der Waals surface area contributed by atoms with Crippen LogP contribution in [-0.2, 0) is 9.53 Å². The Labute approximate surface area is 126 Å². The molecule has 1 aromatic heterocycles. The number of rotatable bonds is 3. The molecule has 0 amide bonds. The number of methoxy groups -OCH3 is 1. The zero-order chi connectivity index (χ0) is 14.9. The molecular formula is C15H17BrN2O2. The van der Waals surface area contributed by atoms with Gasteiger partial charge in [0.1, 0.15) is 0 Å². The second-order valence-electron chi connectivity index (χ2n) is 4.72. The second kappa shape index (κ2) is 5.79. The van der Waals surface area contributed by atoms with Crippen LogP contribution in [0.3, 0.4) is 0 Å². The lowest BCUT2D eigenvalue weighted by atomic mass is 9.99. The quantitative estimate of drug-likeness (QED) is 0.805. The summed E-state index contributed by atoms with van der Waals surface area (Å²) in [6, 6.07) is 7.90. The van der Waals surface area contributed by atoms with Crippen LogP contribution in [0, 0.1) is 13.8 Å². The number of halogens is 1. The minimum atomic E-state index is -0.319. The number of carbonyl (C=O) groups excluding carboxylic acids is 1. The Kier molecular flexibility index (Phi) is 4.28. The van der Waals surface area contributed by atoms with Crippen LogP contribution < -0.4 is 0 Å². The minimum Gasteiger partial charge on any atom is -0.469 e. The van der Waals surface area contributed by atoms with E-state index in [1.807, 2.05) is 49.7 Å². The van der Waals surface area contributed by atoms with Crippen molar-refractivity contribution in [2.75, 3.05) is 7.11 Å². The van der Waals surface area contributed by atoms with Crippen LogP contribution in [0.5, 0.6) is 0 Å². The van der Waals surface area contributed by atoms with Gasteiger partial charge in [-0.2, -0.15) is 5.10 Å². The molecule has 0 radical (unpaired) electrons. The molecule has 5 heteroatoms. The number of esters is 1. The lowest BCUT2D eigenvalue weighted by Gasteiger charge is -2.10. The summed E-state index contributed by atoms with van der Waals surface area (Å²) in [4.78, 5) is 11.7. The van der Waals surface area contributed by atoms with Gasteiger partial charge in [-0.3, -0.25) is 4.79 Å². The molecule has 1 heterocycles. The van der Waals surface area contributed by atoms with Crippen LogP contribution in [0.25, 0.3) is 5.69 Å². The number of aryl methyl sites for hydroxylation is 1. The third-order valence-corrected chi connectivity index (χ3v) is 3.88. The summed E-state index contributed by atoms with van der Waals surface area (Å²) >= 11 is 3.46. The highest BCUT2D eigenvalue weighted by atomic mass is 79.9. The van der Waals surface area contributed by atoms with Gasteiger partial charge in [0, 0.05) is 15.7 Å². The van der Waals surface area contributed by atoms with E-state index in [0.717, 1.165) is 27.1 Å². The molecule has 20 heavy (non-hydrogen) atoms. The summed E-state index contributed by atoms with van der Waals surface area (Å²) in [7, 11) is 1.40. The van der Waals surface area contributed by atoms with Crippen molar-refractivity contribution >= 4 is 21.9 Å². The summed E-state index contributed by atoms with van der Waals surface area (Å²) < 4.78 is 7.67. The SMILES string of the molecule is COC(=O)C(C)c1c(C)nn(-c2cccc(Br)c2)c1C. The molecule has 1 unspecified atom stereocenters.